The average molecular weight is 258 g/mol. The molecule has 0 radical (unpaired) electrons. The number of nitrogen functional groups attached to an aromatic ring is 1. The SMILES string of the molecule is CCOC(=O)C(C)OCc1cc(N)ccc1Cl. The zero-order valence-corrected chi connectivity index (χ0v) is 10.7. The topological polar surface area (TPSA) is 61.5 Å². The first-order chi connectivity index (χ1) is 8.04. The predicted octanol–water partition coefficient (Wildman–Crippen LogP) is 2.39. The van der Waals surface area contributed by atoms with Crippen LogP contribution in [0.4, 0.5) is 5.69 Å². The van der Waals surface area contributed by atoms with E-state index in [1.165, 1.54) is 0 Å². The van der Waals surface area contributed by atoms with E-state index < -0.39 is 6.10 Å². The molecular weight excluding hydrogens is 242 g/mol. The van der Waals surface area contributed by atoms with E-state index in [4.69, 9.17) is 26.8 Å². The maximum absolute atomic E-state index is 11.3. The van der Waals surface area contributed by atoms with Crippen molar-refractivity contribution in [3.8, 4) is 0 Å². The molecule has 17 heavy (non-hydrogen) atoms. The van der Waals surface area contributed by atoms with Crippen LogP contribution in [-0.4, -0.2) is 18.7 Å². The fourth-order valence-corrected chi connectivity index (χ4v) is 1.42. The first-order valence-corrected chi connectivity index (χ1v) is 5.74. The van der Waals surface area contributed by atoms with Crippen molar-refractivity contribution in [1.29, 1.82) is 0 Å². The third-order valence-corrected chi connectivity index (χ3v) is 2.55. The second-order valence-electron chi connectivity index (χ2n) is 3.56. The third-order valence-electron chi connectivity index (χ3n) is 2.18. The highest BCUT2D eigenvalue weighted by molar-refractivity contribution is 6.31. The normalized spacial score (nSPS) is 12.2. The minimum Gasteiger partial charge on any atom is -0.464 e. The Kier molecular flexibility index (Phi) is 5.25. The summed E-state index contributed by atoms with van der Waals surface area (Å²) < 4.78 is 10.2. The first-order valence-electron chi connectivity index (χ1n) is 5.36. The van der Waals surface area contributed by atoms with Crippen LogP contribution in [0.2, 0.25) is 5.02 Å². The molecular formula is C12H16ClNO3. The maximum Gasteiger partial charge on any atom is 0.334 e. The number of nitrogens with two attached hydrogens (primary N) is 1. The van der Waals surface area contributed by atoms with Crippen LogP contribution in [-0.2, 0) is 20.9 Å². The zero-order chi connectivity index (χ0) is 12.8. The number of rotatable bonds is 5. The molecule has 94 valence electrons. The van der Waals surface area contributed by atoms with Gasteiger partial charge in [0.1, 0.15) is 0 Å². The van der Waals surface area contributed by atoms with Gasteiger partial charge >= 0.3 is 5.97 Å². The lowest BCUT2D eigenvalue weighted by atomic mass is 10.2. The Hall–Kier alpha value is -1.26. The summed E-state index contributed by atoms with van der Waals surface area (Å²) in [6.07, 6.45) is -0.618. The Labute approximate surface area is 106 Å². The van der Waals surface area contributed by atoms with E-state index in [2.05, 4.69) is 0 Å². The van der Waals surface area contributed by atoms with E-state index >= 15 is 0 Å². The van der Waals surface area contributed by atoms with Crippen LogP contribution in [0.5, 0.6) is 0 Å². The molecule has 1 aromatic carbocycles. The highest BCUT2D eigenvalue weighted by Crippen LogP contribution is 2.20. The Bertz CT molecular complexity index is 395. The molecule has 5 heteroatoms. The van der Waals surface area contributed by atoms with E-state index in [0.29, 0.717) is 17.3 Å². The number of benzene rings is 1. The van der Waals surface area contributed by atoms with Gasteiger partial charge in [-0.05, 0) is 37.6 Å². The minimum atomic E-state index is -0.618. The van der Waals surface area contributed by atoms with Crippen molar-refractivity contribution < 1.29 is 14.3 Å². The molecule has 0 bridgehead atoms. The second kappa shape index (κ2) is 6.47. The highest BCUT2D eigenvalue weighted by atomic mass is 35.5. The van der Waals surface area contributed by atoms with Gasteiger partial charge in [0, 0.05) is 10.7 Å². The molecule has 1 rings (SSSR count). The van der Waals surface area contributed by atoms with Crippen LogP contribution in [0, 0.1) is 0 Å². The molecule has 0 heterocycles. The van der Waals surface area contributed by atoms with Gasteiger partial charge in [0.15, 0.2) is 6.10 Å². The Morgan fingerprint density at radius 2 is 2.24 bits per heavy atom. The molecule has 0 saturated carbocycles. The number of carbonyl (C=O) groups is 1. The molecule has 0 saturated heterocycles. The molecule has 1 aromatic rings. The van der Waals surface area contributed by atoms with Gasteiger partial charge in [-0.1, -0.05) is 11.6 Å². The number of carbonyl (C=O) groups excluding carboxylic acids is 1. The molecule has 0 amide bonds. The van der Waals surface area contributed by atoms with Gasteiger partial charge in [0.2, 0.25) is 0 Å². The standard InChI is InChI=1S/C12H16ClNO3/c1-3-16-12(15)8(2)17-7-9-6-10(14)4-5-11(9)13/h4-6,8H,3,7,14H2,1-2H3. The van der Waals surface area contributed by atoms with E-state index in [-0.39, 0.29) is 12.6 Å². The lowest BCUT2D eigenvalue weighted by Crippen LogP contribution is -2.23. The molecule has 0 aliphatic heterocycles. The average Bonchev–Trinajstić information content (AvgIpc) is 2.30. The van der Waals surface area contributed by atoms with Gasteiger partial charge in [0.25, 0.3) is 0 Å². The number of halogens is 1. The van der Waals surface area contributed by atoms with Gasteiger partial charge in [-0.15, -0.1) is 0 Å². The molecule has 0 spiro atoms. The number of hydrogen-bond acceptors (Lipinski definition) is 4. The largest absolute Gasteiger partial charge is 0.464 e. The lowest BCUT2D eigenvalue weighted by Gasteiger charge is -2.12. The van der Waals surface area contributed by atoms with Crippen LogP contribution in [0.15, 0.2) is 18.2 Å². The maximum atomic E-state index is 11.3. The zero-order valence-electron chi connectivity index (χ0n) is 9.90. The van der Waals surface area contributed by atoms with Crippen molar-refractivity contribution >= 4 is 23.3 Å². The summed E-state index contributed by atoms with van der Waals surface area (Å²) in [5, 5.41) is 0.565. The van der Waals surface area contributed by atoms with Crippen molar-refractivity contribution in [2.45, 2.75) is 26.6 Å². The van der Waals surface area contributed by atoms with E-state index in [9.17, 15) is 4.79 Å². The number of hydrogen-bond donors (Lipinski definition) is 1. The lowest BCUT2D eigenvalue weighted by molar-refractivity contribution is -0.156. The monoisotopic (exact) mass is 257 g/mol. The Morgan fingerprint density at radius 1 is 1.53 bits per heavy atom. The Balaban J connectivity index is 2.55. The molecule has 2 N–H and O–H groups in total. The van der Waals surface area contributed by atoms with E-state index in [0.717, 1.165) is 5.56 Å². The van der Waals surface area contributed by atoms with Crippen LogP contribution < -0.4 is 5.73 Å². The van der Waals surface area contributed by atoms with E-state index in [1.54, 1.807) is 32.0 Å². The number of ether oxygens (including phenoxy) is 2. The summed E-state index contributed by atoms with van der Waals surface area (Å²) in [4.78, 5) is 11.3. The van der Waals surface area contributed by atoms with Crippen LogP contribution in [0.25, 0.3) is 0 Å². The van der Waals surface area contributed by atoms with Crippen molar-refractivity contribution in [3.63, 3.8) is 0 Å². The van der Waals surface area contributed by atoms with Crippen LogP contribution >= 0.6 is 11.6 Å². The van der Waals surface area contributed by atoms with Gasteiger partial charge in [-0.2, -0.15) is 0 Å². The van der Waals surface area contributed by atoms with Crippen molar-refractivity contribution in [1.82, 2.24) is 0 Å². The Morgan fingerprint density at radius 3 is 2.88 bits per heavy atom. The third kappa shape index (κ3) is 4.24. The quantitative estimate of drug-likeness (QED) is 0.650. The molecule has 0 aliphatic rings. The highest BCUT2D eigenvalue weighted by Gasteiger charge is 2.14. The molecule has 0 fully saturated rings. The van der Waals surface area contributed by atoms with Gasteiger partial charge in [0.05, 0.1) is 13.2 Å². The number of esters is 1. The van der Waals surface area contributed by atoms with Crippen LogP contribution in [0.3, 0.4) is 0 Å². The summed E-state index contributed by atoms with van der Waals surface area (Å²) in [6, 6.07) is 5.13. The van der Waals surface area contributed by atoms with Crippen LogP contribution in [0.1, 0.15) is 19.4 Å². The summed E-state index contributed by atoms with van der Waals surface area (Å²) in [7, 11) is 0. The molecule has 0 aliphatic carbocycles. The summed E-state index contributed by atoms with van der Waals surface area (Å²) in [5.41, 5.74) is 7.00. The van der Waals surface area contributed by atoms with Crippen molar-refractivity contribution in [2.24, 2.45) is 0 Å². The number of anilines is 1. The van der Waals surface area contributed by atoms with Crippen molar-refractivity contribution in [2.75, 3.05) is 12.3 Å². The summed E-state index contributed by atoms with van der Waals surface area (Å²) in [6.45, 7) is 3.95. The van der Waals surface area contributed by atoms with E-state index in [1.807, 2.05) is 0 Å². The van der Waals surface area contributed by atoms with Crippen molar-refractivity contribution in [3.05, 3.63) is 28.8 Å². The fourth-order valence-electron chi connectivity index (χ4n) is 1.25. The fraction of sp³-hybridized carbons (Fsp3) is 0.417. The summed E-state index contributed by atoms with van der Waals surface area (Å²) >= 11 is 5.97. The first kappa shape index (κ1) is 13.8. The smallest absolute Gasteiger partial charge is 0.334 e. The minimum absolute atomic E-state index is 0.226. The second-order valence-corrected chi connectivity index (χ2v) is 3.96. The molecule has 0 aromatic heterocycles. The molecule has 1 atom stereocenters. The van der Waals surface area contributed by atoms with Gasteiger partial charge < -0.3 is 15.2 Å². The summed E-state index contributed by atoms with van der Waals surface area (Å²) in [5.74, 6) is -0.382. The predicted molar refractivity (Wildman–Crippen MR) is 66.7 cm³/mol. The van der Waals surface area contributed by atoms with Gasteiger partial charge in [-0.25, -0.2) is 4.79 Å². The molecule has 4 nitrogen and oxygen atoms in total. The van der Waals surface area contributed by atoms with Gasteiger partial charge in [-0.3, -0.25) is 0 Å². The molecule has 1 unspecified atom stereocenters.